The molecule has 0 bridgehead atoms. The Bertz CT molecular complexity index is 435. The van der Waals surface area contributed by atoms with E-state index in [2.05, 4.69) is 51.7 Å². The fraction of sp³-hybridized carbons (Fsp3) is 0.500. The van der Waals surface area contributed by atoms with E-state index in [1.54, 1.807) is 7.11 Å². The zero-order valence-electron chi connectivity index (χ0n) is 11.6. The first kappa shape index (κ1) is 13.6. The lowest BCUT2D eigenvalue weighted by Gasteiger charge is -2.13. The first-order valence-corrected chi connectivity index (χ1v) is 6.21. The molecule has 1 heteroatoms. The normalized spacial score (nSPS) is 11.6. The number of ether oxygens (including phenoxy) is 1. The second-order valence-electron chi connectivity index (χ2n) is 4.46. The average Bonchev–Trinajstić information content (AvgIpc) is 2.33. The third kappa shape index (κ3) is 3.53. The molecule has 0 radical (unpaired) electrons. The van der Waals surface area contributed by atoms with Crippen molar-refractivity contribution in [2.45, 2.75) is 40.5 Å². The van der Waals surface area contributed by atoms with E-state index in [9.17, 15) is 0 Å². The van der Waals surface area contributed by atoms with Gasteiger partial charge >= 0.3 is 0 Å². The maximum atomic E-state index is 5.32. The van der Waals surface area contributed by atoms with Gasteiger partial charge in [-0.15, -0.1) is 5.92 Å². The summed E-state index contributed by atoms with van der Waals surface area (Å²) in [6.07, 6.45) is 1.95. The van der Waals surface area contributed by atoms with Gasteiger partial charge in [0.25, 0.3) is 0 Å². The molecule has 0 saturated carbocycles. The Kier molecular flexibility index (Phi) is 5.10. The van der Waals surface area contributed by atoms with Crippen molar-refractivity contribution in [2.75, 3.05) is 7.11 Å². The molecule has 0 N–H and O–H groups in total. The second-order valence-corrected chi connectivity index (χ2v) is 4.46. The molecule has 92 valence electrons. The van der Waals surface area contributed by atoms with Crippen LogP contribution in [0.2, 0.25) is 0 Å². The van der Waals surface area contributed by atoms with Crippen molar-refractivity contribution in [3.05, 3.63) is 28.8 Å². The highest BCUT2D eigenvalue weighted by atomic mass is 16.5. The van der Waals surface area contributed by atoms with Crippen LogP contribution in [0.3, 0.4) is 0 Å². The molecule has 17 heavy (non-hydrogen) atoms. The average molecular weight is 230 g/mol. The number of rotatable bonds is 3. The summed E-state index contributed by atoms with van der Waals surface area (Å²) in [5.41, 5.74) is 3.94. The van der Waals surface area contributed by atoms with Crippen LogP contribution in [0.25, 0.3) is 0 Å². The molecule has 0 saturated heterocycles. The molecular formula is C16H22O. The van der Waals surface area contributed by atoms with Crippen molar-refractivity contribution in [1.82, 2.24) is 0 Å². The zero-order chi connectivity index (χ0) is 12.8. The molecule has 1 nitrogen and oxygen atoms in total. The maximum Gasteiger partial charge on any atom is 0.122 e. The summed E-state index contributed by atoms with van der Waals surface area (Å²) in [6, 6.07) is 4.21. The fourth-order valence-corrected chi connectivity index (χ4v) is 1.95. The highest BCUT2D eigenvalue weighted by Crippen LogP contribution is 2.25. The Morgan fingerprint density at radius 1 is 1.24 bits per heavy atom. The molecule has 0 spiro atoms. The number of benzene rings is 1. The predicted octanol–water partition coefficient (Wildman–Crippen LogP) is 3.90. The van der Waals surface area contributed by atoms with Crippen LogP contribution in [0.5, 0.6) is 5.75 Å². The Balaban J connectivity index is 2.89. The molecule has 0 aliphatic rings. The summed E-state index contributed by atoms with van der Waals surface area (Å²) in [4.78, 5) is 0. The van der Waals surface area contributed by atoms with Crippen LogP contribution in [0.4, 0.5) is 0 Å². The van der Waals surface area contributed by atoms with Crippen molar-refractivity contribution >= 4 is 0 Å². The molecule has 0 heterocycles. The minimum Gasteiger partial charge on any atom is -0.496 e. The minimum absolute atomic E-state index is 0.418. The van der Waals surface area contributed by atoms with E-state index in [-0.39, 0.29) is 0 Å². The van der Waals surface area contributed by atoms with E-state index in [1.807, 2.05) is 0 Å². The second kappa shape index (κ2) is 6.35. The topological polar surface area (TPSA) is 9.23 Å². The quantitative estimate of drug-likeness (QED) is 0.715. The van der Waals surface area contributed by atoms with Gasteiger partial charge < -0.3 is 4.74 Å². The summed E-state index contributed by atoms with van der Waals surface area (Å²) in [5.74, 6) is 7.81. The summed E-state index contributed by atoms with van der Waals surface area (Å²) in [7, 11) is 1.72. The van der Waals surface area contributed by atoms with Gasteiger partial charge in [-0.25, -0.2) is 0 Å². The summed E-state index contributed by atoms with van der Waals surface area (Å²) >= 11 is 0. The maximum absolute atomic E-state index is 5.32. The molecule has 1 unspecified atom stereocenters. The SMILES string of the molecule is CCC#CC(C)Cc1ccc(OC)c(C)c1C. The zero-order valence-corrected chi connectivity index (χ0v) is 11.6. The standard InChI is InChI=1S/C16H22O/c1-6-7-8-12(2)11-15-9-10-16(17-5)14(4)13(15)3/h9-10,12H,6,11H2,1-5H3. The third-order valence-electron chi connectivity index (χ3n) is 3.12. The molecule has 1 aromatic rings. The van der Waals surface area contributed by atoms with Crippen LogP contribution < -0.4 is 4.74 Å². The number of methoxy groups -OCH3 is 1. The van der Waals surface area contributed by atoms with E-state index in [4.69, 9.17) is 4.74 Å². The lowest BCUT2D eigenvalue weighted by Crippen LogP contribution is -2.01. The van der Waals surface area contributed by atoms with Gasteiger partial charge in [0.1, 0.15) is 5.75 Å². The Labute approximate surface area is 105 Å². The summed E-state index contributed by atoms with van der Waals surface area (Å²) in [6.45, 7) is 8.54. The van der Waals surface area contributed by atoms with E-state index >= 15 is 0 Å². The van der Waals surface area contributed by atoms with Crippen molar-refractivity contribution in [3.63, 3.8) is 0 Å². The van der Waals surface area contributed by atoms with Crippen molar-refractivity contribution in [1.29, 1.82) is 0 Å². The molecular weight excluding hydrogens is 208 g/mol. The summed E-state index contributed by atoms with van der Waals surface area (Å²) < 4.78 is 5.32. The molecule has 0 aliphatic carbocycles. The molecule has 1 aromatic carbocycles. The Morgan fingerprint density at radius 3 is 2.53 bits per heavy atom. The number of hydrogen-bond acceptors (Lipinski definition) is 1. The Hall–Kier alpha value is -1.42. The smallest absolute Gasteiger partial charge is 0.122 e. The first-order valence-electron chi connectivity index (χ1n) is 6.21. The molecule has 1 rings (SSSR count). The molecule has 1 atom stereocenters. The highest BCUT2D eigenvalue weighted by molar-refractivity contribution is 5.43. The van der Waals surface area contributed by atoms with E-state index in [0.717, 1.165) is 18.6 Å². The van der Waals surface area contributed by atoms with Gasteiger partial charge in [-0.05, 0) is 43.0 Å². The van der Waals surface area contributed by atoms with E-state index in [1.165, 1.54) is 16.7 Å². The minimum atomic E-state index is 0.418. The first-order chi connectivity index (χ1) is 8.10. The molecule has 0 fully saturated rings. The largest absolute Gasteiger partial charge is 0.496 e. The van der Waals surface area contributed by atoms with Crippen LogP contribution in [-0.2, 0) is 6.42 Å². The molecule has 0 aromatic heterocycles. The number of hydrogen-bond donors (Lipinski definition) is 0. The van der Waals surface area contributed by atoms with E-state index < -0.39 is 0 Å². The van der Waals surface area contributed by atoms with Crippen LogP contribution >= 0.6 is 0 Å². The van der Waals surface area contributed by atoms with Gasteiger partial charge in [0.15, 0.2) is 0 Å². The molecule has 0 aliphatic heterocycles. The lowest BCUT2D eigenvalue weighted by atomic mass is 9.94. The van der Waals surface area contributed by atoms with Crippen LogP contribution in [0, 0.1) is 31.6 Å². The highest BCUT2D eigenvalue weighted by Gasteiger charge is 2.08. The fourth-order valence-electron chi connectivity index (χ4n) is 1.95. The van der Waals surface area contributed by atoms with Crippen molar-refractivity contribution in [2.24, 2.45) is 5.92 Å². The van der Waals surface area contributed by atoms with Gasteiger partial charge in [0.2, 0.25) is 0 Å². The van der Waals surface area contributed by atoms with Crippen molar-refractivity contribution < 1.29 is 4.74 Å². The lowest BCUT2D eigenvalue weighted by molar-refractivity contribution is 0.411. The van der Waals surface area contributed by atoms with Gasteiger partial charge in [-0.1, -0.05) is 25.8 Å². The van der Waals surface area contributed by atoms with Gasteiger partial charge in [0.05, 0.1) is 7.11 Å². The monoisotopic (exact) mass is 230 g/mol. The van der Waals surface area contributed by atoms with Crippen LogP contribution in [0.1, 0.15) is 37.0 Å². The third-order valence-corrected chi connectivity index (χ3v) is 3.12. The van der Waals surface area contributed by atoms with Crippen LogP contribution in [-0.4, -0.2) is 7.11 Å². The van der Waals surface area contributed by atoms with Gasteiger partial charge in [-0.2, -0.15) is 0 Å². The predicted molar refractivity (Wildman–Crippen MR) is 73.4 cm³/mol. The van der Waals surface area contributed by atoms with Gasteiger partial charge in [-0.3, -0.25) is 0 Å². The van der Waals surface area contributed by atoms with Crippen LogP contribution in [0.15, 0.2) is 12.1 Å². The van der Waals surface area contributed by atoms with E-state index in [0.29, 0.717) is 5.92 Å². The molecule has 0 amide bonds. The Morgan fingerprint density at radius 2 is 1.94 bits per heavy atom. The summed E-state index contributed by atoms with van der Waals surface area (Å²) in [5, 5.41) is 0. The van der Waals surface area contributed by atoms with Crippen molar-refractivity contribution in [3.8, 4) is 17.6 Å². The van der Waals surface area contributed by atoms with Gasteiger partial charge in [0, 0.05) is 12.3 Å².